The van der Waals surface area contributed by atoms with Crippen LogP contribution in [0.3, 0.4) is 0 Å². The van der Waals surface area contributed by atoms with Gasteiger partial charge >= 0.3 is 5.97 Å². The van der Waals surface area contributed by atoms with Crippen molar-refractivity contribution in [2.75, 3.05) is 11.9 Å². The number of hydrogen-bond donors (Lipinski definition) is 2. The van der Waals surface area contributed by atoms with E-state index in [4.69, 9.17) is 21.1 Å². The van der Waals surface area contributed by atoms with E-state index in [1.807, 2.05) is 0 Å². The van der Waals surface area contributed by atoms with Crippen molar-refractivity contribution < 1.29 is 28.8 Å². The van der Waals surface area contributed by atoms with Gasteiger partial charge in [-0.3, -0.25) is 19.7 Å². The third-order valence-electron chi connectivity index (χ3n) is 5.65. The second-order valence-corrected chi connectivity index (χ2v) is 9.01. The fourth-order valence-electron chi connectivity index (χ4n) is 3.61. The molecule has 2 N–H and O–H groups in total. The summed E-state index contributed by atoms with van der Waals surface area (Å²) in [5.74, 6) is -1.18. The maximum Gasteiger partial charge on any atom is 0.343 e. The van der Waals surface area contributed by atoms with Gasteiger partial charge in [0.15, 0.2) is 11.5 Å². The Morgan fingerprint density at radius 3 is 2.29 bits per heavy atom. The molecule has 212 valence electrons. The van der Waals surface area contributed by atoms with E-state index in [9.17, 15) is 24.5 Å². The fraction of sp³-hybridized carbons (Fsp3) is 0.0667. The quantitative estimate of drug-likeness (QED) is 0.0774. The highest BCUT2D eigenvalue weighted by atomic mass is 35.5. The van der Waals surface area contributed by atoms with E-state index >= 15 is 0 Å². The topological polar surface area (TPSA) is 149 Å². The first-order valence-electron chi connectivity index (χ1n) is 12.5. The lowest BCUT2D eigenvalue weighted by Crippen LogP contribution is -2.18. The number of rotatable bonds is 10. The Balaban J connectivity index is 1.39. The van der Waals surface area contributed by atoms with Crippen LogP contribution >= 0.6 is 11.6 Å². The molecule has 0 aliphatic rings. The molecule has 0 aliphatic heterocycles. The zero-order valence-electron chi connectivity index (χ0n) is 22.1. The average Bonchev–Trinajstić information content (AvgIpc) is 2.99. The van der Waals surface area contributed by atoms with Crippen LogP contribution in [0.5, 0.6) is 11.5 Å². The third kappa shape index (κ3) is 7.77. The minimum atomic E-state index is -0.717. The number of nitro benzene ring substituents is 1. The maximum atomic E-state index is 12.6. The number of nitro groups is 1. The van der Waals surface area contributed by atoms with Crippen LogP contribution in [-0.2, 0) is 0 Å². The summed E-state index contributed by atoms with van der Waals surface area (Å²) < 4.78 is 11.0. The predicted molar refractivity (Wildman–Crippen MR) is 157 cm³/mol. The maximum absolute atomic E-state index is 12.6. The van der Waals surface area contributed by atoms with Crippen molar-refractivity contribution >= 4 is 47.0 Å². The van der Waals surface area contributed by atoms with E-state index in [0.717, 1.165) is 0 Å². The van der Waals surface area contributed by atoms with Gasteiger partial charge in [-0.15, -0.1) is 0 Å². The van der Waals surface area contributed by atoms with Crippen molar-refractivity contribution in [2.24, 2.45) is 5.10 Å². The van der Waals surface area contributed by atoms with Gasteiger partial charge in [-0.2, -0.15) is 5.10 Å². The largest absolute Gasteiger partial charge is 0.490 e. The number of esters is 1. The highest BCUT2D eigenvalue weighted by molar-refractivity contribution is 6.30. The van der Waals surface area contributed by atoms with Crippen LogP contribution < -0.4 is 20.2 Å². The first-order chi connectivity index (χ1) is 20.2. The molecule has 2 amide bonds. The van der Waals surface area contributed by atoms with Crippen molar-refractivity contribution in [3.05, 3.63) is 128 Å². The minimum Gasteiger partial charge on any atom is -0.490 e. The monoisotopic (exact) mass is 586 g/mol. The lowest BCUT2D eigenvalue weighted by atomic mass is 10.1. The number of non-ortho nitro benzene ring substituents is 1. The molecule has 0 saturated heterocycles. The molecular formula is C30H23ClN4O7. The minimum absolute atomic E-state index is 0.130. The number of anilines is 1. The van der Waals surface area contributed by atoms with Crippen LogP contribution in [0, 0.1) is 10.1 Å². The summed E-state index contributed by atoms with van der Waals surface area (Å²) >= 11 is 5.86. The Hall–Kier alpha value is -5.55. The number of nitrogens with zero attached hydrogens (tertiary/aromatic N) is 2. The summed E-state index contributed by atoms with van der Waals surface area (Å²) in [5, 5.41) is 18.1. The SMILES string of the molecule is CCOc1cc(C=NNC(=O)c2cccc(NC(=O)c3ccc(Cl)cc3)c2)ccc1OC(=O)c1ccc([N+](=O)[O-])cc1. The number of ether oxygens (including phenoxy) is 2. The van der Waals surface area contributed by atoms with Crippen LogP contribution in [0.4, 0.5) is 11.4 Å². The fourth-order valence-corrected chi connectivity index (χ4v) is 3.73. The average molecular weight is 587 g/mol. The molecule has 4 aromatic carbocycles. The van der Waals surface area contributed by atoms with Crippen LogP contribution in [0.2, 0.25) is 5.02 Å². The smallest absolute Gasteiger partial charge is 0.343 e. The number of carbonyl (C=O) groups is 3. The van der Waals surface area contributed by atoms with Crippen LogP contribution in [0.1, 0.15) is 43.6 Å². The molecule has 0 radical (unpaired) electrons. The second-order valence-electron chi connectivity index (χ2n) is 8.57. The molecule has 0 saturated carbocycles. The molecular weight excluding hydrogens is 564 g/mol. The van der Waals surface area contributed by atoms with E-state index in [1.54, 1.807) is 61.5 Å². The number of hydrazone groups is 1. The highest BCUT2D eigenvalue weighted by Gasteiger charge is 2.15. The molecule has 0 spiro atoms. The summed E-state index contributed by atoms with van der Waals surface area (Å²) in [6.45, 7) is 2.04. The molecule has 4 aromatic rings. The summed E-state index contributed by atoms with van der Waals surface area (Å²) in [6.07, 6.45) is 1.38. The first kappa shape index (κ1) is 29.4. The molecule has 0 bridgehead atoms. The van der Waals surface area contributed by atoms with Crippen LogP contribution in [-0.4, -0.2) is 35.5 Å². The summed E-state index contributed by atoms with van der Waals surface area (Å²) in [7, 11) is 0. The second kappa shape index (κ2) is 13.7. The molecule has 12 heteroatoms. The lowest BCUT2D eigenvalue weighted by Gasteiger charge is -2.11. The van der Waals surface area contributed by atoms with Crippen LogP contribution in [0.15, 0.2) is 96.1 Å². The molecule has 0 atom stereocenters. The zero-order chi connectivity index (χ0) is 30.1. The van der Waals surface area contributed by atoms with E-state index < -0.39 is 16.8 Å². The van der Waals surface area contributed by atoms with Gasteiger partial charge in [-0.05, 0) is 85.3 Å². The number of carbonyl (C=O) groups excluding carboxylic acids is 3. The Morgan fingerprint density at radius 2 is 1.60 bits per heavy atom. The number of benzene rings is 4. The van der Waals surface area contributed by atoms with E-state index in [1.165, 1.54) is 42.6 Å². The van der Waals surface area contributed by atoms with Gasteiger partial charge < -0.3 is 14.8 Å². The summed E-state index contributed by atoms with van der Waals surface area (Å²) in [6, 6.07) is 22.5. The van der Waals surface area contributed by atoms with Gasteiger partial charge in [-0.1, -0.05) is 17.7 Å². The normalized spacial score (nSPS) is 10.6. The number of nitrogens with one attached hydrogen (secondary N) is 2. The van der Waals surface area contributed by atoms with Gasteiger partial charge in [0.1, 0.15) is 0 Å². The molecule has 0 aromatic heterocycles. The van der Waals surface area contributed by atoms with Gasteiger partial charge in [0, 0.05) is 34.0 Å². The van der Waals surface area contributed by atoms with E-state index in [2.05, 4.69) is 15.8 Å². The van der Waals surface area contributed by atoms with Gasteiger partial charge in [0.05, 0.1) is 23.3 Å². The summed E-state index contributed by atoms with van der Waals surface area (Å²) in [5.41, 5.74) is 4.05. The predicted octanol–water partition coefficient (Wildman–Crippen LogP) is 5.88. The molecule has 4 rings (SSSR count). The Bertz CT molecular complexity index is 1660. The van der Waals surface area contributed by atoms with Gasteiger partial charge in [0.25, 0.3) is 17.5 Å². The van der Waals surface area contributed by atoms with E-state index in [0.29, 0.717) is 21.8 Å². The Labute approximate surface area is 244 Å². The molecule has 11 nitrogen and oxygen atoms in total. The van der Waals surface area contributed by atoms with Crippen molar-refractivity contribution in [3.8, 4) is 11.5 Å². The summed E-state index contributed by atoms with van der Waals surface area (Å²) in [4.78, 5) is 47.9. The van der Waals surface area contributed by atoms with Crippen molar-refractivity contribution in [1.82, 2.24) is 5.43 Å². The number of hydrogen-bond acceptors (Lipinski definition) is 8. The van der Waals surface area contributed by atoms with Crippen molar-refractivity contribution in [1.29, 1.82) is 0 Å². The molecule has 0 fully saturated rings. The van der Waals surface area contributed by atoms with Gasteiger partial charge in [-0.25, -0.2) is 10.2 Å². The van der Waals surface area contributed by atoms with Crippen molar-refractivity contribution in [3.63, 3.8) is 0 Å². The zero-order valence-corrected chi connectivity index (χ0v) is 22.8. The molecule has 42 heavy (non-hydrogen) atoms. The van der Waals surface area contributed by atoms with Crippen molar-refractivity contribution in [2.45, 2.75) is 6.92 Å². The highest BCUT2D eigenvalue weighted by Crippen LogP contribution is 2.29. The van der Waals surface area contributed by atoms with E-state index in [-0.39, 0.29) is 40.8 Å². The lowest BCUT2D eigenvalue weighted by molar-refractivity contribution is -0.384. The molecule has 0 unspecified atom stereocenters. The third-order valence-corrected chi connectivity index (χ3v) is 5.90. The molecule has 0 heterocycles. The van der Waals surface area contributed by atoms with Crippen LogP contribution in [0.25, 0.3) is 0 Å². The first-order valence-corrected chi connectivity index (χ1v) is 12.8. The number of halogens is 1. The molecule has 0 aliphatic carbocycles. The Morgan fingerprint density at radius 1 is 0.881 bits per heavy atom. The number of amides is 2. The standard InChI is InChI=1S/C30H23ClN4O7/c1-2-41-27-16-19(6-15-26(27)42-30(38)21-9-13-25(14-10-21)35(39)40)18-32-34-29(37)22-4-3-5-24(17-22)33-28(36)20-7-11-23(31)12-8-20/h3-18H,2H2,1H3,(H,33,36)(H,34,37). The van der Waals surface area contributed by atoms with Gasteiger partial charge in [0.2, 0.25) is 0 Å². The Kier molecular flexibility index (Phi) is 9.59.